The first-order chi connectivity index (χ1) is 14.8. The van der Waals surface area contributed by atoms with Crippen LogP contribution >= 0.6 is 19.8 Å². The number of benzene rings is 4. The third-order valence-corrected chi connectivity index (χ3v) is 10.5. The second kappa shape index (κ2) is 8.23. The van der Waals surface area contributed by atoms with E-state index < -0.39 is 19.8 Å². The van der Waals surface area contributed by atoms with Crippen molar-refractivity contribution in [2.45, 2.75) is 6.92 Å². The number of allylic oxidation sites excluding steroid dienone is 6. The Morgan fingerprint density at radius 1 is 0.700 bits per heavy atom. The van der Waals surface area contributed by atoms with E-state index in [1.165, 1.54) is 48.2 Å². The molecule has 4 aromatic carbocycles. The molecule has 0 fully saturated rings. The normalized spacial score (nSPS) is 15.6. The first-order valence-electron chi connectivity index (χ1n) is 10.4. The van der Waals surface area contributed by atoms with Crippen LogP contribution < -0.4 is 0 Å². The van der Waals surface area contributed by atoms with Gasteiger partial charge in [-0.3, -0.25) is 0 Å². The predicted molar refractivity (Wildman–Crippen MR) is 143 cm³/mol. The van der Waals surface area contributed by atoms with Crippen molar-refractivity contribution in [3.8, 4) is 11.1 Å². The number of rotatable bonds is 3. The van der Waals surface area contributed by atoms with Gasteiger partial charge in [0.15, 0.2) is 0 Å². The molecule has 1 heterocycles. The molecule has 30 heavy (non-hydrogen) atoms. The summed E-state index contributed by atoms with van der Waals surface area (Å²) in [4.78, 5) is 2.49. The van der Waals surface area contributed by atoms with Crippen molar-refractivity contribution in [2.24, 2.45) is 0 Å². The summed E-state index contributed by atoms with van der Waals surface area (Å²) in [6, 6.07) is 28.7. The van der Waals surface area contributed by atoms with E-state index in [4.69, 9.17) is 0 Å². The summed E-state index contributed by atoms with van der Waals surface area (Å²) >= 11 is -1.17. The molecule has 0 radical (unpaired) electrons. The molecule has 0 bridgehead atoms. The molecule has 4 aromatic rings. The second-order valence-corrected chi connectivity index (χ2v) is 13.0. The van der Waals surface area contributed by atoms with Crippen LogP contribution in [0.2, 0.25) is 0 Å². The van der Waals surface area contributed by atoms with E-state index >= 15 is 0 Å². The van der Waals surface area contributed by atoms with Gasteiger partial charge in [0.25, 0.3) is 0 Å². The van der Waals surface area contributed by atoms with Crippen molar-refractivity contribution < 1.29 is 0 Å². The molecule has 0 unspecified atom stereocenters. The van der Waals surface area contributed by atoms with Crippen LogP contribution in [0.25, 0.3) is 38.2 Å². The summed E-state index contributed by atoms with van der Waals surface area (Å²) < 4.78 is 2.84. The molecular weight excluding hydrogens is 475 g/mol. The van der Waals surface area contributed by atoms with E-state index in [1.54, 1.807) is 3.58 Å². The molecule has 0 aliphatic carbocycles. The van der Waals surface area contributed by atoms with Crippen molar-refractivity contribution in [3.05, 3.63) is 112 Å². The molecule has 0 aromatic heterocycles. The first-order valence-corrected chi connectivity index (χ1v) is 15.1. The van der Waals surface area contributed by atoms with Gasteiger partial charge in [0, 0.05) is 0 Å². The van der Waals surface area contributed by atoms with Gasteiger partial charge in [-0.2, -0.15) is 0 Å². The van der Waals surface area contributed by atoms with E-state index in [-0.39, 0.29) is 0 Å². The minimum atomic E-state index is -1.17. The molecule has 148 valence electrons. The molecule has 0 N–H and O–H groups in total. The molecule has 5 rings (SSSR count). The van der Waals surface area contributed by atoms with Gasteiger partial charge < -0.3 is 0 Å². The van der Waals surface area contributed by atoms with Gasteiger partial charge in [0.05, 0.1) is 0 Å². The van der Waals surface area contributed by atoms with Crippen molar-refractivity contribution in [1.29, 1.82) is 0 Å². The van der Waals surface area contributed by atoms with Crippen LogP contribution in [-0.4, -0.2) is 9.36 Å². The van der Waals surface area contributed by atoms with Crippen molar-refractivity contribution in [1.82, 2.24) is 0 Å². The fourth-order valence-electron chi connectivity index (χ4n) is 4.51. The summed E-state index contributed by atoms with van der Waals surface area (Å²) in [5.41, 5.74) is 5.45. The number of hydrogen-bond donors (Lipinski definition) is 0. The van der Waals surface area contributed by atoms with Gasteiger partial charge in [0.1, 0.15) is 0 Å². The molecule has 0 amide bonds. The zero-order valence-electron chi connectivity index (χ0n) is 17.4. The molecule has 1 aliphatic heterocycles. The Balaban J connectivity index is 1.98. The Labute approximate surface area is 186 Å². The molecule has 1 aliphatic rings. The summed E-state index contributed by atoms with van der Waals surface area (Å²) in [7, 11) is 0. The maximum absolute atomic E-state index is 2.49. The topological polar surface area (TPSA) is 0 Å². The van der Waals surface area contributed by atoms with E-state index in [0.29, 0.717) is 0 Å². The number of hydrogen-bond acceptors (Lipinski definition) is 0. The van der Waals surface area contributed by atoms with Gasteiger partial charge in [-0.15, -0.1) is 0 Å². The molecule has 0 saturated carbocycles. The number of halogens is 1. The van der Waals surface area contributed by atoms with E-state index in [0.717, 1.165) is 0 Å². The van der Waals surface area contributed by atoms with Crippen LogP contribution in [0.5, 0.6) is 0 Å². The van der Waals surface area contributed by atoms with Crippen LogP contribution in [0.4, 0.5) is 0 Å². The molecule has 0 atom stereocenters. The molecular formula is C29H25I. The summed E-state index contributed by atoms with van der Waals surface area (Å²) in [5.74, 6) is 0. The average molecular weight is 500 g/mol. The zero-order chi connectivity index (χ0) is 20.5. The fourth-order valence-corrected chi connectivity index (χ4v) is 8.42. The zero-order valence-corrected chi connectivity index (χ0v) is 19.6. The number of alkyl halides is 2. The predicted octanol–water partition coefficient (Wildman–Crippen LogP) is 8.65. The Morgan fingerprint density at radius 3 is 1.80 bits per heavy atom. The minimum absolute atomic E-state index is 1.17. The third kappa shape index (κ3) is 3.22. The van der Waals surface area contributed by atoms with Gasteiger partial charge in [0.2, 0.25) is 0 Å². The quantitative estimate of drug-likeness (QED) is 0.150. The van der Waals surface area contributed by atoms with Crippen molar-refractivity contribution in [2.75, 3.05) is 9.36 Å². The maximum atomic E-state index is 2.49. The monoisotopic (exact) mass is 500 g/mol. The summed E-state index contributed by atoms with van der Waals surface area (Å²) in [6.45, 7) is 2.14. The molecule has 1 heteroatoms. The Kier molecular flexibility index (Phi) is 5.30. The molecule has 0 spiro atoms. The fraction of sp³-hybridized carbons (Fsp3) is 0.103. The van der Waals surface area contributed by atoms with Crippen LogP contribution in [0.15, 0.2) is 107 Å². The van der Waals surface area contributed by atoms with Crippen LogP contribution in [0, 0.1) is 0 Å². The van der Waals surface area contributed by atoms with Crippen LogP contribution in [-0.2, 0) is 0 Å². The number of fused-ring (bicyclic) bond motifs is 2. The average Bonchev–Trinajstić information content (AvgIpc) is 2.79. The second-order valence-electron chi connectivity index (χ2n) is 7.62. The summed E-state index contributed by atoms with van der Waals surface area (Å²) in [6.07, 6.45) is 9.37. The van der Waals surface area contributed by atoms with E-state index in [9.17, 15) is 0 Å². The Hall–Kier alpha value is -2.65. The molecule has 0 nitrogen and oxygen atoms in total. The Morgan fingerprint density at radius 2 is 1.23 bits per heavy atom. The van der Waals surface area contributed by atoms with Crippen LogP contribution in [0.3, 0.4) is 0 Å². The Bertz CT molecular complexity index is 1270. The SMILES string of the molecule is C/C=C\C1=C(c2c3ccccc3c(-c3ccccc3)c3ccccc23)C=CCI1C. The van der Waals surface area contributed by atoms with E-state index in [2.05, 4.69) is 115 Å². The first kappa shape index (κ1) is 19.3. The third-order valence-electron chi connectivity index (χ3n) is 5.79. The van der Waals surface area contributed by atoms with Crippen molar-refractivity contribution >= 4 is 46.9 Å². The standard InChI is InChI=1S/C29H25I/c1-3-12-27-26(19-11-20-30(27)2)29-24-17-9-7-15-22(24)28(21-13-5-4-6-14-21)23-16-8-10-18-25(23)29/h3-19H,20H2,1-2H3/b12-3-. The van der Waals surface area contributed by atoms with Crippen molar-refractivity contribution in [3.63, 3.8) is 0 Å². The van der Waals surface area contributed by atoms with Gasteiger partial charge in [-0.1, -0.05) is 0 Å². The van der Waals surface area contributed by atoms with E-state index in [1.807, 2.05) is 0 Å². The summed E-state index contributed by atoms with van der Waals surface area (Å²) in [5, 5.41) is 5.37. The van der Waals surface area contributed by atoms with Gasteiger partial charge >= 0.3 is 187 Å². The molecule has 0 saturated heterocycles. The van der Waals surface area contributed by atoms with Gasteiger partial charge in [-0.25, -0.2) is 0 Å². The van der Waals surface area contributed by atoms with Gasteiger partial charge in [-0.05, 0) is 0 Å². The van der Waals surface area contributed by atoms with Crippen LogP contribution in [0.1, 0.15) is 12.5 Å².